The number of pyridine rings is 1. The Balaban J connectivity index is 1.39. The lowest BCUT2D eigenvalue weighted by atomic mass is 10.1. The lowest BCUT2D eigenvalue weighted by Crippen LogP contribution is -2.35. The number of fused-ring (bicyclic) bond motifs is 2. The Bertz CT molecular complexity index is 1170. The Morgan fingerprint density at radius 1 is 1.21 bits per heavy atom. The first-order valence-electron chi connectivity index (χ1n) is 9.38. The fourth-order valence-corrected chi connectivity index (χ4v) is 3.64. The summed E-state index contributed by atoms with van der Waals surface area (Å²) in [6.45, 7) is 0.969. The Labute approximate surface area is 166 Å². The zero-order chi connectivity index (χ0) is 19.8. The fourth-order valence-electron chi connectivity index (χ4n) is 3.64. The van der Waals surface area contributed by atoms with Crippen molar-refractivity contribution in [3.8, 4) is 0 Å². The molecule has 4 aromatic rings. The average Bonchev–Trinajstić information content (AvgIpc) is 3.40. The zero-order valence-corrected chi connectivity index (χ0v) is 15.9. The Morgan fingerprint density at radius 2 is 2.07 bits per heavy atom. The largest absolute Gasteiger partial charge is 0.442 e. The van der Waals surface area contributed by atoms with Gasteiger partial charge in [-0.25, -0.2) is 14.5 Å². The van der Waals surface area contributed by atoms with E-state index in [9.17, 15) is 4.79 Å². The van der Waals surface area contributed by atoms with Gasteiger partial charge in [0.1, 0.15) is 17.8 Å². The molecule has 8 heteroatoms. The summed E-state index contributed by atoms with van der Waals surface area (Å²) in [6.07, 6.45) is 3.41. The SMILES string of the molecule is COC(c1ccccc1)c1nc2c(o1)CCN(C(=O)c1ccc3ncnn3c1)C2. The number of ether oxygens (including phenoxy) is 1. The van der Waals surface area contributed by atoms with Crippen molar-refractivity contribution in [3.05, 3.63) is 83.5 Å². The highest BCUT2D eigenvalue weighted by Crippen LogP contribution is 2.29. The van der Waals surface area contributed by atoms with Crippen molar-refractivity contribution < 1.29 is 13.9 Å². The van der Waals surface area contributed by atoms with Gasteiger partial charge in [0.2, 0.25) is 5.89 Å². The highest BCUT2D eigenvalue weighted by molar-refractivity contribution is 5.94. The lowest BCUT2D eigenvalue weighted by molar-refractivity contribution is 0.0726. The number of nitrogens with zero attached hydrogens (tertiary/aromatic N) is 5. The van der Waals surface area contributed by atoms with Crippen LogP contribution in [-0.2, 0) is 17.7 Å². The predicted octanol–water partition coefficient (Wildman–Crippen LogP) is 2.65. The molecule has 1 amide bonds. The number of carbonyl (C=O) groups excluding carboxylic acids is 1. The third kappa shape index (κ3) is 3.17. The molecule has 8 nitrogen and oxygen atoms in total. The predicted molar refractivity (Wildman–Crippen MR) is 103 cm³/mol. The number of hydrogen-bond donors (Lipinski definition) is 0. The van der Waals surface area contributed by atoms with E-state index in [2.05, 4.69) is 15.1 Å². The van der Waals surface area contributed by atoms with E-state index in [1.807, 2.05) is 30.3 Å². The molecule has 0 N–H and O–H groups in total. The van der Waals surface area contributed by atoms with E-state index in [0.717, 1.165) is 17.0 Å². The van der Waals surface area contributed by atoms with E-state index in [4.69, 9.17) is 9.15 Å². The summed E-state index contributed by atoms with van der Waals surface area (Å²) in [5.74, 6) is 1.26. The molecule has 3 aromatic heterocycles. The summed E-state index contributed by atoms with van der Waals surface area (Å²) in [4.78, 5) is 23.5. The number of rotatable bonds is 4. The highest BCUT2D eigenvalue weighted by atomic mass is 16.5. The molecule has 1 atom stereocenters. The maximum atomic E-state index is 13.0. The molecule has 146 valence electrons. The number of amides is 1. The van der Waals surface area contributed by atoms with Crippen LogP contribution < -0.4 is 0 Å². The van der Waals surface area contributed by atoms with Gasteiger partial charge in [0.05, 0.1) is 12.1 Å². The van der Waals surface area contributed by atoms with Gasteiger partial charge in [-0.3, -0.25) is 4.79 Å². The van der Waals surface area contributed by atoms with Crippen LogP contribution in [0.1, 0.15) is 39.4 Å². The molecule has 0 aliphatic carbocycles. The van der Waals surface area contributed by atoms with Crippen LogP contribution >= 0.6 is 0 Å². The van der Waals surface area contributed by atoms with Gasteiger partial charge >= 0.3 is 0 Å². The van der Waals surface area contributed by atoms with Crippen molar-refractivity contribution in [1.29, 1.82) is 0 Å². The first-order valence-corrected chi connectivity index (χ1v) is 9.38. The Hall–Kier alpha value is -3.52. The molecule has 1 aliphatic rings. The van der Waals surface area contributed by atoms with Crippen LogP contribution in [0.4, 0.5) is 0 Å². The molecule has 0 radical (unpaired) electrons. The van der Waals surface area contributed by atoms with E-state index in [1.54, 1.807) is 34.9 Å². The van der Waals surface area contributed by atoms with E-state index < -0.39 is 0 Å². The second-order valence-corrected chi connectivity index (χ2v) is 6.91. The number of benzene rings is 1. The first kappa shape index (κ1) is 17.6. The van der Waals surface area contributed by atoms with Crippen LogP contribution in [0.2, 0.25) is 0 Å². The van der Waals surface area contributed by atoms with Crippen molar-refractivity contribution in [2.24, 2.45) is 0 Å². The Morgan fingerprint density at radius 3 is 2.90 bits per heavy atom. The fraction of sp³-hybridized carbons (Fsp3) is 0.238. The smallest absolute Gasteiger partial charge is 0.255 e. The van der Waals surface area contributed by atoms with Crippen LogP contribution in [0.15, 0.2) is 59.4 Å². The number of methoxy groups -OCH3 is 1. The molecule has 1 aliphatic heterocycles. The molecule has 0 fully saturated rings. The summed E-state index contributed by atoms with van der Waals surface area (Å²) in [5.41, 5.74) is 3.02. The van der Waals surface area contributed by atoms with Crippen molar-refractivity contribution in [3.63, 3.8) is 0 Å². The average molecular weight is 389 g/mol. The molecule has 1 aromatic carbocycles. The summed E-state index contributed by atoms with van der Waals surface area (Å²) < 4.78 is 13.2. The molecule has 5 rings (SSSR count). The summed E-state index contributed by atoms with van der Waals surface area (Å²) >= 11 is 0. The standard InChI is InChI=1S/C21H19N5O3/c1-28-19(14-5-3-2-4-6-14)20-24-16-12-25(10-9-17(16)29-20)21(27)15-7-8-18-22-13-23-26(18)11-15/h2-8,11,13,19H,9-10,12H2,1H3. The highest BCUT2D eigenvalue weighted by Gasteiger charge is 2.29. The van der Waals surface area contributed by atoms with Gasteiger partial charge in [0.25, 0.3) is 5.91 Å². The summed E-state index contributed by atoms with van der Waals surface area (Å²) in [5, 5.41) is 4.10. The molecule has 1 unspecified atom stereocenters. The second kappa shape index (κ2) is 7.14. The lowest BCUT2D eigenvalue weighted by Gasteiger charge is -2.25. The normalized spacial score (nSPS) is 14.7. The number of carbonyl (C=O) groups is 1. The van der Waals surface area contributed by atoms with Crippen molar-refractivity contribution in [2.75, 3.05) is 13.7 Å². The number of aromatic nitrogens is 4. The van der Waals surface area contributed by atoms with Crippen LogP contribution in [-0.4, -0.2) is 44.0 Å². The third-order valence-corrected chi connectivity index (χ3v) is 5.11. The van der Waals surface area contributed by atoms with Gasteiger partial charge in [-0.1, -0.05) is 30.3 Å². The molecular weight excluding hydrogens is 370 g/mol. The summed E-state index contributed by atoms with van der Waals surface area (Å²) in [6, 6.07) is 13.4. The third-order valence-electron chi connectivity index (χ3n) is 5.11. The van der Waals surface area contributed by atoms with Gasteiger partial charge in [-0.05, 0) is 17.7 Å². The van der Waals surface area contributed by atoms with Crippen LogP contribution in [0.5, 0.6) is 0 Å². The van der Waals surface area contributed by atoms with E-state index in [-0.39, 0.29) is 12.0 Å². The van der Waals surface area contributed by atoms with Gasteiger partial charge in [0.15, 0.2) is 11.8 Å². The van der Waals surface area contributed by atoms with Crippen LogP contribution in [0, 0.1) is 0 Å². The summed E-state index contributed by atoms with van der Waals surface area (Å²) in [7, 11) is 1.64. The van der Waals surface area contributed by atoms with Crippen molar-refractivity contribution in [1.82, 2.24) is 24.5 Å². The molecule has 29 heavy (non-hydrogen) atoms. The van der Waals surface area contributed by atoms with Gasteiger partial charge < -0.3 is 14.1 Å². The number of oxazole rings is 1. The quantitative estimate of drug-likeness (QED) is 0.533. The van der Waals surface area contributed by atoms with Crippen molar-refractivity contribution in [2.45, 2.75) is 19.1 Å². The van der Waals surface area contributed by atoms with Crippen molar-refractivity contribution >= 4 is 11.6 Å². The zero-order valence-electron chi connectivity index (χ0n) is 15.9. The minimum absolute atomic E-state index is 0.0658. The van der Waals surface area contributed by atoms with E-state index >= 15 is 0 Å². The Kier molecular flexibility index (Phi) is 4.33. The molecular formula is C21H19N5O3. The van der Waals surface area contributed by atoms with Gasteiger partial charge in [-0.2, -0.15) is 5.10 Å². The van der Waals surface area contributed by atoms with E-state index in [0.29, 0.717) is 36.6 Å². The van der Waals surface area contributed by atoms with Gasteiger partial charge in [-0.15, -0.1) is 0 Å². The van der Waals surface area contributed by atoms with E-state index in [1.165, 1.54) is 6.33 Å². The van der Waals surface area contributed by atoms with Crippen LogP contribution in [0.25, 0.3) is 5.65 Å². The number of hydrogen-bond acceptors (Lipinski definition) is 6. The minimum Gasteiger partial charge on any atom is -0.442 e. The monoisotopic (exact) mass is 389 g/mol. The maximum absolute atomic E-state index is 13.0. The topological polar surface area (TPSA) is 85.8 Å². The van der Waals surface area contributed by atoms with Gasteiger partial charge in [0, 0.05) is 26.3 Å². The van der Waals surface area contributed by atoms with Crippen LogP contribution in [0.3, 0.4) is 0 Å². The molecule has 4 heterocycles. The molecule has 0 saturated carbocycles. The second-order valence-electron chi connectivity index (χ2n) is 6.91. The molecule has 0 bridgehead atoms. The molecule has 0 spiro atoms. The first-order chi connectivity index (χ1) is 14.2. The molecule has 0 saturated heterocycles. The maximum Gasteiger partial charge on any atom is 0.255 e. The minimum atomic E-state index is -0.374.